The number of nitrogens with one attached hydrogen (secondary N) is 1. The summed E-state index contributed by atoms with van der Waals surface area (Å²) in [5, 5.41) is 16.0. The van der Waals surface area contributed by atoms with Gasteiger partial charge in [-0.25, -0.2) is 0 Å². The lowest BCUT2D eigenvalue weighted by Crippen LogP contribution is -1.95. The van der Waals surface area contributed by atoms with Crippen LogP contribution in [0.2, 0.25) is 0 Å². The number of rotatable bonds is 3. The van der Waals surface area contributed by atoms with Gasteiger partial charge < -0.3 is 10.5 Å². The Kier molecular flexibility index (Phi) is 3.00. The second kappa shape index (κ2) is 4.02. The summed E-state index contributed by atoms with van der Waals surface area (Å²) in [6.45, 7) is 2.05. The van der Waals surface area contributed by atoms with E-state index in [0.717, 1.165) is 16.7 Å². The molecule has 0 radical (unpaired) electrons. The highest BCUT2D eigenvalue weighted by molar-refractivity contribution is 5.59. The Balaban J connectivity index is 3.01. The molecular formula is C10H13NO. The van der Waals surface area contributed by atoms with E-state index in [-0.39, 0.29) is 6.61 Å². The van der Waals surface area contributed by atoms with Gasteiger partial charge in [0.1, 0.15) is 0 Å². The third-order valence-electron chi connectivity index (χ3n) is 1.85. The van der Waals surface area contributed by atoms with Crippen LogP contribution >= 0.6 is 0 Å². The van der Waals surface area contributed by atoms with Crippen LogP contribution in [0.25, 0.3) is 0 Å². The largest absolute Gasteiger partial charge is 0.392 e. The molecule has 0 aliphatic carbocycles. The maximum atomic E-state index is 8.99. The fraction of sp³-hybridized carbons (Fsp3) is 0.300. The average Bonchev–Trinajstić information content (AvgIpc) is 2.08. The molecule has 0 saturated carbocycles. The molecule has 0 spiro atoms. The first kappa shape index (κ1) is 8.94. The SMILES string of the molecule is Cc1ccc(CC=N)c(CO)c1. The molecule has 0 saturated heterocycles. The third kappa shape index (κ3) is 1.92. The molecule has 1 aromatic carbocycles. The van der Waals surface area contributed by atoms with Crippen molar-refractivity contribution in [2.45, 2.75) is 20.0 Å². The Morgan fingerprint density at radius 1 is 1.42 bits per heavy atom. The summed E-state index contributed by atoms with van der Waals surface area (Å²) in [7, 11) is 0. The van der Waals surface area contributed by atoms with Gasteiger partial charge in [0, 0.05) is 6.42 Å². The highest BCUT2D eigenvalue weighted by Crippen LogP contribution is 2.11. The zero-order valence-electron chi connectivity index (χ0n) is 7.17. The maximum absolute atomic E-state index is 8.99. The predicted octanol–water partition coefficient (Wildman–Crippen LogP) is 1.68. The van der Waals surface area contributed by atoms with Crippen molar-refractivity contribution in [1.82, 2.24) is 0 Å². The molecule has 0 amide bonds. The molecule has 2 N–H and O–H groups in total. The quantitative estimate of drug-likeness (QED) is 0.654. The van der Waals surface area contributed by atoms with Gasteiger partial charge in [-0.2, -0.15) is 0 Å². The van der Waals surface area contributed by atoms with E-state index in [4.69, 9.17) is 10.5 Å². The van der Waals surface area contributed by atoms with Crippen molar-refractivity contribution in [3.8, 4) is 0 Å². The number of aryl methyl sites for hydroxylation is 1. The van der Waals surface area contributed by atoms with Crippen LogP contribution in [0.1, 0.15) is 16.7 Å². The predicted molar refractivity (Wildman–Crippen MR) is 49.6 cm³/mol. The molecule has 0 aliphatic heterocycles. The van der Waals surface area contributed by atoms with E-state index < -0.39 is 0 Å². The Bertz CT molecular complexity index is 281. The Morgan fingerprint density at radius 3 is 2.75 bits per heavy atom. The lowest BCUT2D eigenvalue weighted by molar-refractivity contribution is 0.281. The van der Waals surface area contributed by atoms with Gasteiger partial charge in [0.2, 0.25) is 0 Å². The summed E-state index contributed by atoms with van der Waals surface area (Å²) in [4.78, 5) is 0. The third-order valence-corrected chi connectivity index (χ3v) is 1.85. The minimum atomic E-state index is 0.0604. The van der Waals surface area contributed by atoms with Crippen LogP contribution in [0.4, 0.5) is 0 Å². The first-order chi connectivity index (χ1) is 5.77. The second-order valence-corrected chi connectivity index (χ2v) is 2.84. The van der Waals surface area contributed by atoms with Crippen LogP contribution in [0.5, 0.6) is 0 Å². The Labute approximate surface area is 72.4 Å². The molecule has 0 aromatic heterocycles. The van der Waals surface area contributed by atoms with E-state index in [2.05, 4.69) is 0 Å². The molecule has 1 aromatic rings. The summed E-state index contributed by atoms with van der Waals surface area (Å²) >= 11 is 0. The standard InChI is InChI=1S/C10H13NO/c1-8-2-3-9(4-5-11)10(6-8)7-12/h2-3,5-6,11-12H,4,7H2,1H3. The maximum Gasteiger partial charge on any atom is 0.0684 e. The Morgan fingerprint density at radius 2 is 2.17 bits per heavy atom. The van der Waals surface area contributed by atoms with Crippen molar-refractivity contribution >= 4 is 6.21 Å². The molecule has 0 atom stereocenters. The molecule has 64 valence electrons. The summed E-state index contributed by atoms with van der Waals surface area (Å²) in [6, 6.07) is 5.92. The van der Waals surface area contributed by atoms with E-state index in [1.165, 1.54) is 6.21 Å². The van der Waals surface area contributed by atoms with Crippen LogP contribution in [-0.4, -0.2) is 11.3 Å². The van der Waals surface area contributed by atoms with E-state index >= 15 is 0 Å². The summed E-state index contributed by atoms with van der Waals surface area (Å²) in [5.41, 5.74) is 3.12. The summed E-state index contributed by atoms with van der Waals surface area (Å²) in [5.74, 6) is 0. The van der Waals surface area contributed by atoms with Crippen molar-refractivity contribution < 1.29 is 5.11 Å². The van der Waals surface area contributed by atoms with Gasteiger partial charge in [-0.3, -0.25) is 0 Å². The van der Waals surface area contributed by atoms with Gasteiger partial charge in [-0.05, 0) is 24.3 Å². The van der Waals surface area contributed by atoms with Crippen molar-refractivity contribution in [2.24, 2.45) is 0 Å². The fourth-order valence-corrected chi connectivity index (χ4v) is 1.21. The van der Waals surface area contributed by atoms with Crippen molar-refractivity contribution in [2.75, 3.05) is 0 Å². The molecule has 0 bridgehead atoms. The first-order valence-corrected chi connectivity index (χ1v) is 3.96. The van der Waals surface area contributed by atoms with Gasteiger partial charge in [-0.15, -0.1) is 0 Å². The smallest absolute Gasteiger partial charge is 0.0684 e. The number of hydrogen-bond donors (Lipinski definition) is 2. The van der Waals surface area contributed by atoms with Crippen LogP contribution in [0, 0.1) is 12.3 Å². The molecular weight excluding hydrogens is 150 g/mol. The fourth-order valence-electron chi connectivity index (χ4n) is 1.21. The normalized spacial score (nSPS) is 9.83. The van der Waals surface area contributed by atoms with Crippen LogP contribution in [0.3, 0.4) is 0 Å². The summed E-state index contributed by atoms with van der Waals surface area (Å²) in [6.07, 6.45) is 1.96. The molecule has 1 rings (SSSR count). The average molecular weight is 163 g/mol. The lowest BCUT2D eigenvalue weighted by atomic mass is 10.0. The van der Waals surface area contributed by atoms with Crippen LogP contribution in [0.15, 0.2) is 18.2 Å². The zero-order valence-corrected chi connectivity index (χ0v) is 7.17. The molecule has 2 heteroatoms. The molecule has 0 fully saturated rings. The second-order valence-electron chi connectivity index (χ2n) is 2.84. The van der Waals surface area contributed by atoms with E-state index in [0.29, 0.717) is 6.42 Å². The number of aliphatic hydroxyl groups is 1. The van der Waals surface area contributed by atoms with Gasteiger partial charge in [0.05, 0.1) is 6.61 Å². The van der Waals surface area contributed by atoms with Gasteiger partial charge in [0.25, 0.3) is 0 Å². The minimum absolute atomic E-state index is 0.0604. The molecule has 0 heterocycles. The van der Waals surface area contributed by atoms with Gasteiger partial charge >= 0.3 is 0 Å². The number of benzene rings is 1. The van der Waals surface area contributed by atoms with E-state index in [1.807, 2.05) is 25.1 Å². The highest BCUT2D eigenvalue weighted by atomic mass is 16.3. The van der Waals surface area contributed by atoms with Crippen molar-refractivity contribution in [1.29, 1.82) is 5.41 Å². The zero-order chi connectivity index (χ0) is 8.97. The van der Waals surface area contributed by atoms with Gasteiger partial charge in [0.15, 0.2) is 0 Å². The van der Waals surface area contributed by atoms with Crippen molar-refractivity contribution in [3.05, 3.63) is 34.9 Å². The lowest BCUT2D eigenvalue weighted by Gasteiger charge is -2.04. The Hall–Kier alpha value is -1.15. The molecule has 12 heavy (non-hydrogen) atoms. The molecule has 2 nitrogen and oxygen atoms in total. The minimum Gasteiger partial charge on any atom is -0.392 e. The van der Waals surface area contributed by atoms with Crippen molar-refractivity contribution in [3.63, 3.8) is 0 Å². The first-order valence-electron chi connectivity index (χ1n) is 3.96. The number of aliphatic hydroxyl groups excluding tert-OH is 1. The molecule has 0 unspecified atom stereocenters. The van der Waals surface area contributed by atoms with Gasteiger partial charge in [-0.1, -0.05) is 23.8 Å². The monoisotopic (exact) mass is 163 g/mol. The molecule has 0 aliphatic rings. The topological polar surface area (TPSA) is 44.1 Å². The summed E-state index contributed by atoms with van der Waals surface area (Å²) < 4.78 is 0. The highest BCUT2D eigenvalue weighted by Gasteiger charge is 1.99. The number of hydrogen-bond acceptors (Lipinski definition) is 2. The van der Waals surface area contributed by atoms with E-state index in [9.17, 15) is 0 Å². The van der Waals surface area contributed by atoms with Crippen LogP contribution < -0.4 is 0 Å². The van der Waals surface area contributed by atoms with E-state index in [1.54, 1.807) is 0 Å². The van der Waals surface area contributed by atoms with Crippen LogP contribution in [-0.2, 0) is 13.0 Å².